The van der Waals surface area contributed by atoms with Crippen molar-refractivity contribution >= 4 is 29.5 Å². The van der Waals surface area contributed by atoms with Crippen LogP contribution in [0.3, 0.4) is 0 Å². The lowest BCUT2D eigenvalue weighted by Gasteiger charge is -2.31. The highest BCUT2D eigenvalue weighted by Crippen LogP contribution is 2.23. The van der Waals surface area contributed by atoms with Crippen LogP contribution in [0, 0.1) is 5.92 Å². The van der Waals surface area contributed by atoms with Crippen molar-refractivity contribution in [1.82, 2.24) is 4.90 Å². The van der Waals surface area contributed by atoms with E-state index in [1.54, 1.807) is 22.8 Å². The van der Waals surface area contributed by atoms with Gasteiger partial charge < -0.3 is 14.5 Å². The topological polar surface area (TPSA) is 66.9 Å². The van der Waals surface area contributed by atoms with Crippen molar-refractivity contribution in [1.29, 1.82) is 0 Å². The Morgan fingerprint density at radius 3 is 2.39 bits per heavy atom. The van der Waals surface area contributed by atoms with Crippen molar-refractivity contribution in [2.24, 2.45) is 5.92 Å². The number of benzene rings is 3. The maximum absolute atomic E-state index is 13.4. The first kappa shape index (κ1) is 26.9. The minimum absolute atomic E-state index is 0.0268. The highest BCUT2D eigenvalue weighted by Gasteiger charge is 2.29. The molecule has 6 nitrogen and oxygen atoms in total. The lowest BCUT2D eigenvalue weighted by molar-refractivity contribution is -0.151. The Bertz CT molecular complexity index is 1260. The van der Waals surface area contributed by atoms with E-state index in [9.17, 15) is 14.4 Å². The summed E-state index contributed by atoms with van der Waals surface area (Å²) < 4.78 is 5.17. The van der Waals surface area contributed by atoms with Crippen molar-refractivity contribution in [3.05, 3.63) is 108 Å². The van der Waals surface area contributed by atoms with Gasteiger partial charge in [0, 0.05) is 24.9 Å². The Morgan fingerprint density at radius 1 is 0.947 bits per heavy atom. The van der Waals surface area contributed by atoms with E-state index < -0.39 is 0 Å². The van der Waals surface area contributed by atoms with E-state index >= 15 is 0 Å². The first-order chi connectivity index (χ1) is 18.5. The molecule has 2 amide bonds. The zero-order valence-electron chi connectivity index (χ0n) is 21.8. The monoisotopic (exact) mass is 510 g/mol. The van der Waals surface area contributed by atoms with Gasteiger partial charge in [0.2, 0.25) is 5.91 Å². The number of piperidine rings is 1. The minimum Gasteiger partial charge on any atom is -0.466 e. The fourth-order valence-corrected chi connectivity index (χ4v) is 4.66. The Hall–Kier alpha value is -4.19. The molecule has 0 spiro atoms. The molecule has 0 bridgehead atoms. The van der Waals surface area contributed by atoms with E-state index in [1.165, 1.54) is 0 Å². The second-order valence-electron chi connectivity index (χ2n) is 9.43. The number of carbonyl (C=O) groups excluding carboxylic acids is 3. The predicted octanol–water partition coefficient (Wildman–Crippen LogP) is 5.28. The molecule has 38 heavy (non-hydrogen) atoms. The quantitative estimate of drug-likeness (QED) is 0.290. The van der Waals surface area contributed by atoms with Gasteiger partial charge in [-0.2, -0.15) is 0 Å². The zero-order chi connectivity index (χ0) is 26.7. The molecule has 3 aromatic rings. The third-order valence-corrected chi connectivity index (χ3v) is 6.64. The summed E-state index contributed by atoms with van der Waals surface area (Å²) >= 11 is 0. The third-order valence-electron chi connectivity index (χ3n) is 6.64. The molecule has 0 aliphatic carbocycles. The zero-order valence-corrected chi connectivity index (χ0v) is 21.8. The summed E-state index contributed by atoms with van der Waals surface area (Å²) in [6.07, 6.45) is 5.12. The molecule has 196 valence electrons. The summed E-state index contributed by atoms with van der Waals surface area (Å²) in [6, 6.07) is 27.1. The normalized spacial score (nSPS) is 15.3. The van der Waals surface area contributed by atoms with Gasteiger partial charge in [0.25, 0.3) is 5.91 Å². The smallest absolute Gasteiger partial charge is 0.310 e. The molecule has 1 fully saturated rings. The fraction of sp³-hybridized carbons (Fsp3) is 0.281. The van der Waals surface area contributed by atoms with E-state index in [-0.39, 0.29) is 30.1 Å². The highest BCUT2D eigenvalue weighted by molar-refractivity contribution is 6.03. The summed E-state index contributed by atoms with van der Waals surface area (Å²) in [5.74, 6) is -0.671. The average molecular weight is 511 g/mol. The maximum Gasteiger partial charge on any atom is 0.310 e. The van der Waals surface area contributed by atoms with E-state index in [0.717, 1.165) is 35.2 Å². The Kier molecular flexibility index (Phi) is 9.46. The minimum atomic E-state index is -0.269. The molecule has 0 radical (unpaired) electrons. The lowest BCUT2D eigenvalue weighted by Crippen LogP contribution is -2.43. The van der Waals surface area contributed by atoms with Crippen molar-refractivity contribution < 1.29 is 19.1 Å². The van der Waals surface area contributed by atoms with Crippen molar-refractivity contribution in [2.45, 2.75) is 32.7 Å². The molecular formula is C32H34N2O4. The highest BCUT2D eigenvalue weighted by atomic mass is 16.5. The molecule has 6 heteroatoms. The van der Waals surface area contributed by atoms with Crippen LogP contribution in [-0.2, 0) is 32.1 Å². The second-order valence-corrected chi connectivity index (χ2v) is 9.43. The van der Waals surface area contributed by atoms with Crippen LogP contribution in [0.1, 0.15) is 36.5 Å². The summed E-state index contributed by atoms with van der Waals surface area (Å²) in [5, 5.41) is 0. The number of rotatable bonds is 9. The number of anilines is 1. The molecule has 1 atom stereocenters. The van der Waals surface area contributed by atoms with Gasteiger partial charge in [-0.25, -0.2) is 0 Å². The number of ether oxygens (including phenoxy) is 1. The summed E-state index contributed by atoms with van der Waals surface area (Å²) in [7, 11) is 0. The average Bonchev–Trinajstić information content (AvgIpc) is 2.96. The van der Waals surface area contributed by atoms with E-state index in [0.29, 0.717) is 26.2 Å². The van der Waals surface area contributed by atoms with Crippen molar-refractivity contribution in [3.8, 4) is 0 Å². The van der Waals surface area contributed by atoms with Crippen LogP contribution in [0.15, 0.2) is 91.0 Å². The van der Waals surface area contributed by atoms with Crippen LogP contribution >= 0.6 is 0 Å². The number of likely N-dealkylation sites (tertiary alicyclic amines) is 1. The standard InChI is InChI=1S/C32H34N2O4/c1-2-38-32(37)28-16-10-20-33(24-28)31(36)22-27-15-9-17-29(21-27)34(23-26-13-7-4-8-14-26)30(35)19-18-25-11-5-3-6-12-25/h3-9,11-15,17-19,21,28H,2,10,16,20,22-24H2,1H3/b19-18+. The molecule has 4 rings (SSSR count). The van der Waals surface area contributed by atoms with Gasteiger partial charge in [0.05, 0.1) is 25.5 Å². The van der Waals surface area contributed by atoms with Crippen molar-refractivity contribution in [2.75, 3.05) is 24.6 Å². The molecule has 1 unspecified atom stereocenters. The molecule has 0 N–H and O–H groups in total. The molecular weight excluding hydrogens is 476 g/mol. The summed E-state index contributed by atoms with van der Waals surface area (Å²) in [6.45, 7) is 3.57. The van der Waals surface area contributed by atoms with Gasteiger partial charge in [-0.3, -0.25) is 14.4 Å². The van der Waals surface area contributed by atoms with Gasteiger partial charge in [0.15, 0.2) is 0 Å². The van der Waals surface area contributed by atoms with Gasteiger partial charge in [0.1, 0.15) is 0 Å². The van der Waals surface area contributed by atoms with E-state index in [2.05, 4.69) is 0 Å². The molecule has 3 aromatic carbocycles. The lowest BCUT2D eigenvalue weighted by atomic mass is 9.97. The number of amides is 2. The first-order valence-corrected chi connectivity index (χ1v) is 13.2. The Balaban J connectivity index is 1.50. The Morgan fingerprint density at radius 2 is 1.66 bits per heavy atom. The summed E-state index contributed by atoms with van der Waals surface area (Å²) in [4.78, 5) is 42.2. The molecule has 1 aliphatic rings. The molecule has 1 aliphatic heterocycles. The SMILES string of the molecule is CCOC(=O)C1CCCN(C(=O)Cc2cccc(N(Cc3ccccc3)C(=O)/C=C/c3ccccc3)c2)C1. The Labute approximate surface area is 224 Å². The van der Waals surface area contributed by atoms with Crippen LogP contribution < -0.4 is 4.90 Å². The predicted molar refractivity (Wildman–Crippen MR) is 149 cm³/mol. The largest absolute Gasteiger partial charge is 0.466 e. The fourth-order valence-electron chi connectivity index (χ4n) is 4.66. The molecule has 1 heterocycles. The van der Waals surface area contributed by atoms with Crippen molar-refractivity contribution in [3.63, 3.8) is 0 Å². The van der Waals surface area contributed by atoms with Crippen LogP contribution in [0.4, 0.5) is 5.69 Å². The first-order valence-electron chi connectivity index (χ1n) is 13.2. The number of esters is 1. The van der Waals surface area contributed by atoms with Gasteiger partial charge in [-0.05, 0) is 54.7 Å². The van der Waals surface area contributed by atoms with Crippen LogP contribution in [-0.4, -0.2) is 42.4 Å². The molecule has 0 aromatic heterocycles. The molecule has 0 saturated carbocycles. The van der Waals surface area contributed by atoms with E-state index in [1.807, 2.05) is 91.0 Å². The molecule has 1 saturated heterocycles. The second kappa shape index (κ2) is 13.4. The van der Waals surface area contributed by atoms with Crippen LogP contribution in [0.5, 0.6) is 0 Å². The number of nitrogens with zero attached hydrogens (tertiary/aromatic N) is 2. The number of hydrogen-bond donors (Lipinski definition) is 0. The van der Waals surface area contributed by atoms with Gasteiger partial charge >= 0.3 is 5.97 Å². The third kappa shape index (κ3) is 7.42. The summed E-state index contributed by atoms with van der Waals surface area (Å²) in [5.41, 5.74) is 3.50. The number of hydrogen-bond acceptors (Lipinski definition) is 4. The van der Waals surface area contributed by atoms with Crippen LogP contribution in [0.2, 0.25) is 0 Å². The van der Waals surface area contributed by atoms with Gasteiger partial charge in [-0.15, -0.1) is 0 Å². The van der Waals surface area contributed by atoms with E-state index in [4.69, 9.17) is 4.74 Å². The number of carbonyl (C=O) groups is 3. The van der Waals surface area contributed by atoms with Crippen LogP contribution in [0.25, 0.3) is 6.08 Å². The van der Waals surface area contributed by atoms with Gasteiger partial charge in [-0.1, -0.05) is 72.8 Å². The maximum atomic E-state index is 13.4.